The minimum atomic E-state index is -0.649. The van der Waals surface area contributed by atoms with Crippen LogP contribution in [0.1, 0.15) is 37.3 Å². The quantitative estimate of drug-likeness (QED) is 0.380. The fourth-order valence-corrected chi connectivity index (χ4v) is 4.30. The molecule has 4 rings (SSSR count). The maximum absolute atomic E-state index is 12.7. The summed E-state index contributed by atoms with van der Waals surface area (Å²) in [6.07, 6.45) is 0.0234. The van der Waals surface area contributed by atoms with Gasteiger partial charge in [-0.2, -0.15) is 0 Å². The van der Waals surface area contributed by atoms with Gasteiger partial charge in [0.2, 0.25) is 5.91 Å². The molecule has 0 aromatic heterocycles. The minimum Gasteiger partial charge on any atom is -0.497 e. The molecule has 1 atom stereocenters. The standard InChI is InChI=1S/C30H32N2O6/c1-19(2)26-13-8-20(3)14-27(26)38-24-11-9-23(10-12-24)32-17-21(15-29(32)34)30(35)37-18-28(33)31-22-6-5-7-25(16-22)36-4/h5-14,16,19,21H,15,17-18H2,1-4H3,(H,31,33)/t21-/m0/s1. The lowest BCUT2D eigenvalue weighted by molar-refractivity contribution is -0.151. The summed E-state index contributed by atoms with van der Waals surface area (Å²) >= 11 is 0. The van der Waals surface area contributed by atoms with Crippen molar-refractivity contribution in [2.75, 3.05) is 30.5 Å². The monoisotopic (exact) mass is 516 g/mol. The van der Waals surface area contributed by atoms with Crippen LogP contribution in [0.5, 0.6) is 17.2 Å². The molecule has 1 fully saturated rings. The molecule has 8 nitrogen and oxygen atoms in total. The van der Waals surface area contributed by atoms with Crippen molar-refractivity contribution in [1.82, 2.24) is 0 Å². The van der Waals surface area contributed by atoms with E-state index in [1.165, 1.54) is 7.11 Å². The second-order valence-corrected chi connectivity index (χ2v) is 9.59. The number of carbonyl (C=O) groups excluding carboxylic acids is 3. The molecule has 198 valence electrons. The van der Waals surface area contributed by atoms with E-state index in [9.17, 15) is 14.4 Å². The molecular weight excluding hydrogens is 484 g/mol. The third-order valence-corrected chi connectivity index (χ3v) is 6.32. The van der Waals surface area contributed by atoms with Gasteiger partial charge >= 0.3 is 5.97 Å². The molecule has 1 heterocycles. The lowest BCUT2D eigenvalue weighted by atomic mass is 10.0. The Kier molecular flexibility index (Phi) is 8.31. The van der Waals surface area contributed by atoms with Crippen LogP contribution < -0.4 is 19.7 Å². The number of esters is 1. The largest absolute Gasteiger partial charge is 0.497 e. The molecule has 0 unspecified atom stereocenters. The number of nitrogens with zero attached hydrogens (tertiary/aromatic N) is 1. The van der Waals surface area contributed by atoms with Crippen molar-refractivity contribution in [2.24, 2.45) is 5.92 Å². The molecule has 38 heavy (non-hydrogen) atoms. The summed E-state index contributed by atoms with van der Waals surface area (Å²) in [6.45, 7) is 6.00. The Balaban J connectivity index is 1.32. The fourth-order valence-electron chi connectivity index (χ4n) is 4.30. The first-order valence-electron chi connectivity index (χ1n) is 12.5. The molecule has 3 aromatic carbocycles. The number of nitrogens with one attached hydrogen (secondary N) is 1. The number of ether oxygens (including phenoxy) is 3. The van der Waals surface area contributed by atoms with E-state index in [0.29, 0.717) is 28.8 Å². The fraction of sp³-hybridized carbons (Fsp3) is 0.300. The molecule has 2 amide bonds. The first-order valence-corrected chi connectivity index (χ1v) is 12.5. The molecule has 0 radical (unpaired) electrons. The second kappa shape index (κ2) is 11.8. The van der Waals surface area contributed by atoms with Crippen LogP contribution in [-0.4, -0.2) is 38.0 Å². The molecule has 0 saturated carbocycles. The van der Waals surface area contributed by atoms with Gasteiger partial charge in [-0.15, -0.1) is 0 Å². The summed E-state index contributed by atoms with van der Waals surface area (Å²) in [4.78, 5) is 39.0. The Bertz CT molecular complexity index is 1320. The molecule has 1 saturated heterocycles. The minimum absolute atomic E-state index is 0.0234. The molecule has 0 bridgehead atoms. The van der Waals surface area contributed by atoms with Crippen LogP contribution in [0.4, 0.5) is 11.4 Å². The van der Waals surface area contributed by atoms with E-state index >= 15 is 0 Å². The van der Waals surface area contributed by atoms with E-state index in [1.54, 1.807) is 41.3 Å². The lowest BCUT2D eigenvalue weighted by Crippen LogP contribution is -2.28. The molecule has 0 spiro atoms. The molecule has 0 aliphatic carbocycles. The number of methoxy groups -OCH3 is 1. The van der Waals surface area contributed by atoms with E-state index in [2.05, 4.69) is 31.3 Å². The number of amides is 2. The molecule has 1 aliphatic rings. The molecule has 1 N–H and O–H groups in total. The summed E-state index contributed by atoms with van der Waals surface area (Å²) < 4.78 is 16.5. The predicted molar refractivity (Wildman–Crippen MR) is 145 cm³/mol. The van der Waals surface area contributed by atoms with Gasteiger partial charge in [0.1, 0.15) is 17.2 Å². The summed E-state index contributed by atoms with van der Waals surface area (Å²) in [5.74, 6) is 0.497. The van der Waals surface area contributed by atoms with E-state index < -0.39 is 24.4 Å². The SMILES string of the molecule is COc1cccc(NC(=O)COC(=O)[C@H]2CC(=O)N(c3ccc(Oc4cc(C)ccc4C(C)C)cc3)C2)c1. The van der Waals surface area contributed by atoms with Crippen LogP contribution in [0.15, 0.2) is 66.7 Å². The van der Waals surface area contributed by atoms with E-state index in [4.69, 9.17) is 14.2 Å². The van der Waals surface area contributed by atoms with Crippen molar-refractivity contribution in [3.63, 3.8) is 0 Å². The van der Waals surface area contributed by atoms with Gasteiger partial charge in [-0.1, -0.05) is 32.0 Å². The van der Waals surface area contributed by atoms with Gasteiger partial charge in [-0.05, 0) is 66.4 Å². The Morgan fingerprint density at radius 2 is 1.79 bits per heavy atom. The van der Waals surface area contributed by atoms with Crippen LogP contribution in [0, 0.1) is 12.8 Å². The van der Waals surface area contributed by atoms with Gasteiger partial charge in [0.15, 0.2) is 6.61 Å². The average molecular weight is 517 g/mol. The number of anilines is 2. The number of aryl methyl sites for hydroxylation is 1. The summed E-state index contributed by atoms with van der Waals surface area (Å²) in [5.41, 5.74) is 3.43. The lowest BCUT2D eigenvalue weighted by Gasteiger charge is -2.18. The van der Waals surface area contributed by atoms with Gasteiger partial charge < -0.3 is 24.4 Å². The van der Waals surface area contributed by atoms with Gasteiger partial charge in [0, 0.05) is 30.4 Å². The zero-order valence-electron chi connectivity index (χ0n) is 22.0. The number of hydrogen-bond donors (Lipinski definition) is 1. The third-order valence-electron chi connectivity index (χ3n) is 6.32. The third kappa shape index (κ3) is 6.51. The molecule has 1 aliphatic heterocycles. The van der Waals surface area contributed by atoms with E-state index in [0.717, 1.165) is 16.9 Å². The highest BCUT2D eigenvalue weighted by molar-refractivity contribution is 6.00. The number of hydrogen-bond acceptors (Lipinski definition) is 6. The van der Waals surface area contributed by atoms with Gasteiger partial charge in [-0.25, -0.2) is 0 Å². The second-order valence-electron chi connectivity index (χ2n) is 9.59. The Hall–Kier alpha value is -4.33. The highest BCUT2D eigenvalue weighted by Gasteiger charge is 2.36. The van der Waals surface area contributed by atoms with Gasteiger partial charge in [0.05, 0.1) is 13.0 Å². The smallest absolute Gasteiger partial charge is 0.311 e. The van der Waals surface area contributed by atoms with Crippen LogP contribution >= 0.6 is 0 Å². The highest BCUT2D eigenvalue weighted by Crippen LogP contribution is 2.33. The Morgan fingerprint density at radius 3 is 2.50 bits per heavy atom. The topological polar surface area (TPSA) is 94.2 Å². The van der Waals surface area contributed by atoms with Crippen LogP contribution in [0.3, 0.4) is 0 Å². The van der Waals surface area contributed by atoms with Crippen molar-refractivity contribution in [3.8, 4) is 17.2 Å². The maximum Gasteiger partial charge on any atom is 0.311 e. The first-order chi connectivity index (χ1) is 18.2. The average Bonchev–Trinajstić information content (AvgIpc) is 3.29. The zero-order chi connectivity index (χ0) is 27.2. The summed E-state index contributed by atoms with van der Waals surface area (Å²) in [6, 6.07) is 20.2. The van der Waals surface area contributed by atoms with Crippen LogP contribution in [-0.2, 0) is 19.1 Å². The van der Waals surface area contributed by atoms with Crippen molar-refractivity contribution in [1.29, 1.82) is 0 Å². The van der Waals surface area contributed by atoms with Crippen molar-refractivity contribution >= 4 is 29.2 Å². The number of carbonyl (C=O) groups is 3. The molecule has 3 aromatic rings. The van der Waals surface area contributed by atoms with Crippen molar-refractivity contribution in [2.45, 2.75) is 33.1 Å². The zero-order valence-corrected chi connectivity index (χ0v) is 22.0. The number of benzene rings is 3. The molecule has 8 heteroatoms. The first kappa shape index (κ1) is 26.7. The summed E-state index contributed by atoms with van der Waals surface area (Å²) in [7, 11) is 1.53. The van der Waals surface area contributed by atoms with Crippen molar-refractivity contribution < 1.29 is 28.6 Å². The highest BCUT2D eigenvalue weighted by atomic mass is 16.5. The van der Waals surface area contributed by atoms with Crippen molar-refractivity contribution in [3.05, 3.63) is 77.9 Å². The van der Waals surface area contributed by atoms with E-state index in [-0.39, 0.29) is 18.9 Å². The maximum atomic E-state index is 12.7. The van der Waals surface area contributed by atoms with Gasteiger partial charge in [0.25, 0.3) is 5.91 Å². The van der Waals surface area contributed by atoms with Gasteiger partial charge in [-0.3, -0.25) is 14.4 Å². The Morgan fingerprint density at radius 1 is 1.03 bits per heavy atom. The summed E-state index contributed by atoms with van der Waals surface area (Å²) in [5, 5.41) is 2.66. The van der Waals surface area contributed by atoms with Crippen LogP contribution in [0.25, 0.3) is 0 Å². The Labute approximate surface area is 222 Å². The van der Waals surface area contributed by atoms with Crippen LogP contribution in [0.2, 0.25) is 0 Å². The predicted octanol–water partition coefficient (Wildman–Crippen LogP) is 5.45. The number of rotatable bonds is 9. The van der Waals surface area contributed by atoms with E-state index in [1.807, 2.05) is 25.1 Å². The normalized spacial score (nSPS) is 14.9. The molecular formula is C30H32N2O6.